The molecule has 184 valence electrons. The standard InChI is InChI=1S/C26H38BrNO4S/c1-2-3-4-8-17-32-26(29)10-7-5-6-9-24-20-11-12-21(18-20)25(24)19-28-33(30,31)23-15-13-22(27)14-16-23/h6,9,13-16,20-21,24-25,28H,2-5,7-8,10-12,17-19H2,1H3/b9-6-. The molecule has 2 bridgehead atoms. The Kier molecular flexibility index (Phi) is 10.5. The molecule has 1 aromatic rings. The lowest BCUT2D eigenvalue weighted by atomic mass is 9.79. The van der Waals surface area contributed by atoms with Crippen LogP contribution >= 0.6 is 15.9 Å². The highest BCUT2D eigenvalue weighted by Crippen LogP contribution is 2.52. The number of rotatable bonds is 14. The molecule has 33 heavy (non-hydrogen) atoms. The quantitative estimate of drug-likeness (QED) is 0.172. The lowest BCUT2D eigenvalue weighted by molar-refractivity contribution is -0.143. The number of esters is 1. The molecule has 2 fully saturated rings. The van der Waals surface area contributed by atoms with Gasteiger partial charge in [0.1, 0.15) is 0 Å². The molecule has 0 saturated heterocycles. The van der Waals surface area contributed by atoms with E-state index < -0.39 is 10.0 Å². The molecule has 0 heterocycles. The summed E-state index contributed by atoms with van der Waals surface area (Å²) in [5.74, 6) is 1.92. The van der Waals surface area contributed by atoms with Crippen LogP contribution in [0, 0.1) is 23.7 Å². The van der Waals surface area contributed by atoms with Gasteiger partial charge in [-0.1, -0.05) is 54.3 Å². The molecule has 2 saturated carbocycles. The third kappa shape index (κ3) is 7.93. The third-order valence-electron chi connectivity index (χ3n) is 7.16. The van der Waals surface area contributed by atoms with Crippen LogP contribution in [0.2, 0.25) is 0 Å². The maximum Gasteiger partial charge on any atom is 0.305 e. The van der Waals surface area contributed by atoms with Gasteiger partial charge in [-0.3, -0.25) is 4.79 Å². The number of sulfonamides is 1. The number of benzene rings is 1. The minimum absolute atomic E-state index is 0.0972. The highest BCUT2D eigenvalue weighted by atomic mass is 79.9. The van der Waals surface area contributed by atoms with Crippen LogP contribution in [-0.4, -0.2) is 27.5 Å². The first-order valence-corrected chi connectivity index (χ1v) is 14.8. The summed E-state index contributed by atoms with van der Waals surface area (Å²) in [6.07, 6.45) is 14.7. The van der Waals surface area contributed by atoms with Crippen molar-refractivity contribution in [2.75, 3.05) is 13.2 Å². The Morgan fingerprint density at radius 3 is 2.64 bits per heavy atom. The zero-order chi connectivity index (χ0) is 23.7. The molecule has 2 aliphatic rings. The zero-order valence-corrected chi connectivity index (χ0v) is 22.1. The van der Waals surface area contributed by atoms with E-state index in [9.17, 15) is 13.2 Å². The molecule has 0 aliphatic heterocycles. The van der Waals surface area contributed by atoms with E-state index in [1.165, 1.54) is 32.1 Å². The van der Waals surface area contributed by atoms with Crippen molar-refractivity contribution in [3.8, 4) is 0 Å². The molecule has 4 unspecified atom stereocenters. The van der Waals surface area contributed by atoms with Crippen LogP contribution in [0.3, 0.4) is 0 Å². The Balaban J connectivity index is 1.42. The Bertz CT molecular complexity index is 884. The van der Waals surface area contributed by atoms with Gasteiger partial charge in [-0.15, -0.1) is 0 Å². The molecular weight excluding hydrogens is 502 g/mol. The van der Waals surface area contributed by atoms with Crippen LogP contribution in [0.25, 0.3) is 0 Å². The van der Waals surface area contributed by atoms with Gasteiger partial charge in [0.05, 0.1) is 11.5 Å². The summed E-state index contributed by atoms with van der Waals surface area (Å²) in [4.78, 5) is 12.2. The Hall–Kier alpha value is -1.18. The van der Waals surface area contributed by atoms with E-state index in [1.807, 2.05) is 0 Å². The van der Waals surface area contributed by atoms with E-state index in [0.717, 1.165) is 30.2 Å². The van der Waals surface area contributed by atoms with Crippen molar-refractivity contribution in [3.05, 3.63) is 40.9 Å². The molecule has 0 aromatic heterocycles. The number of fused-ring (bicyclic) bond motifs is 2. The number of carbonyl (C=O) groups is 1. The van der Waals surface area contributed by atoms with Crippen molar-refractivity contribution in [3.63, 3.8) is 0 Å². The predicted molar refractivity (Wildman–Crippen MR) is 135 cm³/mol. The number of halogens is 1. The second-order valence-corrected chi connectivity index (χ2v) is 12.2. The number of ether oxygens (including phenoxy) is 1. The number of nitrogens with one attached hydrogen (secondary N) is 1. The summed E-state index contributed by atoms with van der Waals surface area (Å²) in [7, 11) is -3.50. The second-order valence-electron chi connectivity index (χ2n) is 9.48. The highest BCUT2D eigenvalue weighted by Gasteiger charge is 2.46. The maximum absolute atomic E-state index is 12.7. The average Bonchev–Trinajstić information content (AvgIpc) is 3.39. The van der Waals surface area contributed by atoms with Gasteiger partial charge in [0.2, 0.25) is 10.0 Å². The molecule has 1 aromatic carbocycles. The van der Waals surface area contributed by atoms with Gasteiger partial charge in [-0.05, 0) is 86.5 Å². The first-order chi connectivity index (χ1) is 15.9. The highest BCUT2D eigenvalue weighted by molar-refractivity contribution is 9.10. The SMILES string of the molecule is CCCCCCOC(=O)CCC/C=C\C1C2CCC(C2)C1CNS(=O)(=O)c1ccc(Br)cc1. The molecule has 4 atom stereocenters. The fraction of sp³-hybridized carbons (Fsp3) is 0.654. The van der Waals surface area contributed by atoms with Crippen molar-refractivity contribution < 1.29 is 17.9 Å². The maximum atomic E-state index is 12.7. The lowest BCUT2D eigenvalue weighted by Gasteiger charge is -2.29. The summed E-state index contributed by atoms with van der Waals surface area (Å²) in [5.41, 5.74) is 0. The summed E-state index contributed by atoms with van der Waals surface area (Å²) < 4.78 is 34.5. The Morgan fingerprint density at radius 2 is 1.88 bits per heavy atom. The number of hydrogen-bond acceptors (Lipinski definition) is 4. The summed E-state index contributed by atoms with van der Waals surface area (Å²) in [6.45, 7) is 3.19. The van der Waals surface area contributed by atoms with Crippen LogP contribution in [0.5, 0.6) is 0 Å². The van der Waals surface area contributed by atoms with Gasteiger partial charge in [0, 0.05) is 17.4 Å². The first-order valence-electron chi connectivity index (χ1n) is 12.5. The molecule has 0 spiro atoms. The minimum atomic E-state index is -3.50. The smallest absolute Gasteiger partial charge is 0.305 e. The van der Waals surface area contributed by atoms with Gasteiger partial charge in [0.25, 0.3) is 0 Å². The summed E-state index contributed by atoms with van der Waals surface area (Å²) in [6, 6.07) is 6.75. The topological polar surface area (TPSA) is 72.5 Å². The van der Waals surface area contributed by atoms with Crippen LogP contribution in [-0.2, 0) is 19.6 Å². The van der Waals surface area contributed by atoms with Gasteiger partial charge in [-0.25, -0.2) is 13.1 Å². The average molecular weight is 541 g/mol. The summed E-state index contributed by atoms with van der Waals surface area (Å²) in [5, 5.41) is 0. The van der Waals surface area contributed by atoms with E-state index in [1.54, 1.807) is 24.3 Å². The molecule has 0 amide bonds. The van der Waals surface area contributed by atoms with Gasteiger partial charge in [0.15, 0.2) is 0 Å². The van der Waals surface area contributed by atoms with Gasteiger partial charge in [-0.2, -0.15) is 0 Å². The van der Waals surface area contributed by atoms with Crippen molar-refractivity contribution in [2.45, 2.75) is 76.0 Å². The molecule has 1 N–H and O–H groups in total. The van der Waals surface area contributed by atoms with Crippen molar-refractivity contribution in [1.82, 2.24) is 4.72 Å². The number of allylic oxidation sites excluding steroid dienone is 2. The molecule has 2 aliphatic carbocycles. The van der Waals surface area contributed by atoms with Crippen LogP contribution in [0.1, 0.15) is 71.1 Å². The van der Waals surface area contributed by atoms with Gasteiger partial charge >= 0.3 is 5.97 Å². The van der Waals surface area contributed by atoms with E-state index >= 15 is 0 Å². The normalized spacial score (nSPS) is 24.5. The second kappa shape index (κ2) is 13.1. The van der Waals surface area contributed by atoms with E-state index in [4.69, 9.17) is 4.74 Å². The molecular formula is C26H38BrNO4S. The van der Waals surface area contributed by atoms with Gasteiger partial charge < -0.3 is 4.74 Å². The van der Waals surface area contributed by atoms with Crippen LogP contribution < -0.4 is 4.72 Å². The number of unbranched alkanes of at least 4 members (excludes halogenated alkanes) is 4. The molecule has 5 nitrogen and oxygen atoms in total. The van der Waals surface area contributed by atoms with Crippen molar-refractivity contribution in [1.29, 1.82) is 0 Å². The third-order valence-corrected chi connectivity index (χ3v) is 9.13. The molecule has 3 rings (SSSR count). The Morgan fingerprint density at radius 1 is 1.12 bits per heavy atom. The van der Waals surface area contributed by atoms with Crippen molar-refractivity contribution in [2.24, 2.45) is 23.7 Å². The van der Waals surface area contributed by atoms with E-state index in [0.29, 0.717) is 48.1 Å². The van der Waals surface area contributed by atoms with Crippen LogP contribution in [0.4, 0.5) is 0 Å². The fourth-order valence-electron chi connectivity index (χ4n) is 5.37. The number of carbonyl (C=O) groups excluding carboxylic acids is 1. The Labute approximate surface area is 207 Å². The fourth-order valence-corrected chi connectivity index (χ4v) is 6.70. The zero-order valence-electron chi connectivity index (χ0n) is 19.7. The summed E-state index contributed by atoms with van der Waals surface area (Å²) >= 11 is 3.35. The first kappa shape index (κ1) is 26.4. The molecule has 7 heteroatoms. The minimum Gasteiger partial charge on any atom is -0.466 e. The molecule has 0 radical (unpaired) electrons. The monoisotopic (exact) mass is 539 g/mol. The predicted octanol–water partition coefficient (Wildman–Crippen LogP) is 6.24. The van der Waals surface area contributed by atoms with E-state index in [2.05, 4.69) is 39.7 Å². The van der Waals surface area contributed by atoms with E-state index in [-0.39, 0.29) is 5.97 Å². The van der Waals surface area contributed by atoms with Crippen LogP contribution in [0.15, 0.2) is 45.8 Å². The number of hydrogen-bond donors (Lipinski definition) is 1. The largest absolute Gasteiger partial charge is 0.466 e. The lowest BCUT2D eigenvalue weighted by Crippen LogP contribution is -2.35. The van der Waals surface area contributed by atoms with Crippen molar-refractivity contribution >= 4 is 31.9 Å².